The van der Waals surface area contributed by atoms with Crippen LogP contribution in [-0.2, 0) is 16.0 Å². The Morgan fingerprint density at radius 1 is 1.45 bits per heavy atom. The van der Waals surface area contributed by atoms with Gasteiger partial charge in [0.25, 0.3) is 5.91 Å². The van der Waals surface area contributed by atoms with Crippen LogP contribution in [0, 0.1) is 0 Å². The second kappa shape index (κ2) is 5.75. The van der Waals surface area contributed by atoms with Crippen molar-refractivity contribution >= 4 is 11.9 Å². The summed E-state index contributed by atoms with van der Waals surface area (Å²) in [6.45, 7) is 3.84. The first kappa shape index (κ1) is 13.3. The summed E-state index contributed by atoms with van der Waals surface area (Å²) < 4.78 is 5.56. The smallest absolute Gasteiger partial charge is 0.251 e. The molecule has 1 saturated carbocycles. The Morgan fingerprint density at radius 2 is 2.20 bits per heavy atom. The molecule has 1 aromatic rings. The number of hydrogen-bond donors (Lipinski definition) is 1. The molecular weight excluding hydrogens is 256 g/mol. The molecular formula is C14H20N4O2. The average Bonchev–Trinajstić information content (AvgIpc) is 3.31. The maximum atomic E-state index is 12.0. The molecule has 2 fully saturated rings. The van der Waals surface area contributed by atoms with Crippen molar-refractivity contribution in [1.29, 1.82) is 0 Å². The highest BCUT2D eigenvalue weighted by atomic mass is 16.5. The van der Waals surface area contributed by atoms with Gasteiger partial charge in [0, 0.05) is 25.0 Å². The van der Waals surface area contributed by atoms with Gasteiger partial charge in [-0.25, -0.2) is 9.97 Å². The van der Waals surface area contributed by atoms with E-state index in [9.17, 15) is 4.79 Å². The first-order valence-electron chi connectivity index (χ1n) is 7.24. The van der Waals surface area contributed by atoms with E-state index >= 15 is 0 Å². The van der Waals surface area contributed by atoms with Gasteiger partial charge in [-0.05, 0) is 24.8 Å². The summed E-state index contributed by atoms with van der Waals surface area (Å²) in [5.74, 6) is 0.664. The van der Waals surface area contributed by atoms with Crippen LogP contribution >= 0.6 is 0 Å². The Bertz CT molecular complexity index is 473. The van der Waals surface area contributed by atoms with E-state index < -0.39 is 6.10 Å². The number of nitrogens with zero attached hydrogens (tertiary/aromatic N) is 3. The summed E-state index contributed by atoms with van der Waals surface area (Å²) in [4.78, 5) is 22.8. The summed E-state index contributed by atoms with van der Waals surface area (Å²) >= 11 is 0. The van der Waals surface area contributed by atoms with Gasteiger partial charge in [-0.15, -0.1) is 0 Å². The van der Waals surface area contributed by atoms with Crippen LogP contribution in [0.25, 0.3) is 0 Å². The number of hydrogen-bond acceptors (Lipinski definition) is 5. The molecule has 1 amide bonds. The van der Waals surface area contributed by atoms with Crippen LogP contribution in [0.15, 0.2) is 12.4 Å². The quantitative estimate of drug-likeness (QED) is 0.868. The highest BCUT2D eigenvalue weighted by Crippen LogP contribution is 2.20. The number of aryl methyl sites for hydroxylation is 1. The second-order valence-corrected chi connectivity index (χ2v) is 5.33. The molecule has 1 saturated heterocycles. The monoisotopic (exact) mass is 276 g/mol. The summed E-state index contributed by atoms with van der Waals surface area (Å²) in [5, 5.41) is 2.98. The third kappa shape index (κ3) is 3.07. The van der Waals surface area contributed by atoms with E-state index in [-0.39, 0.29) is 5.91 Å². The first-order chi connectivity index (χ1) is 9.76. The Kier molecular flexibility index (Phi) is 3.82. The molecule has 0 radical (unpaired) electrons. The third-order valence-corrected chi connectivity index (χ3v) is 3.67. The molecule has 20 heavy (non-hydrogen) atoms. The van der Waals surface area contributed by atoms with Gasteiger partial charge >= 0.3 is 0 Å². The fourth-order valence-corrected chi connectivity index (χ4v) is 2.21. The minimum Gasteiger partial charge on any atom is -0.365 e. The molecule has 0 bridgehead atoms. The number of morpholine rings is 1. The Labute approximate surface area is 118 Å². The molecule has 3 rings (SSSR count). The summed E-state index contributed by atoms with van der Waals surface area (Å²) in [5.41, 5.74) is 1.12. The van der Waals surface area contributed by atoms with Crippen molar-refractivity contribution in [3.63, 3.8) is 0 Å². The fraction of sp³-hybridized carbons (Fsp3) is 0.643. The highest BCUT2D eigenvalue weighted by Gasteiger charge is 2.31. The van der Waals surface area contributed by atoms with E-state index in [2.05, 4.69) is 22.2 Å². The van der Waals surface area contributed by atoms with Gasteiger partial charge < -0.3 is 15.0 Å². The second-order valence-electron chi connectivity index (χ2n) is 5.33. The number of amides is 1. The van der Waals surface area contributed by atoms with E-state index in [0.717, 1.165) is 31.4 Å². The highest BCUT2D eigenvalue weighted by molar-refractivity contribution is 5.82. The summed E-state index contributed by atoms with van der Waals surface area (Å²) in [6.07, 6.45) is 6.37. The van der Waals surface area contributed by atoms with Crippen molar-refractivity contribution in [3.8, 4) is 0 Å². The molecule has 2 heterocycles. The topological polar surface area (TPSA) is 67.4 Å². The van der Waals surface area contributed by atoms with Crippen molar-refractivity contribution in [2.45, 2.75) is 38.3 Å². The minimum absolute atomic E-state index is 0.0117. The Hall–Kier alpha value is -1.69. The van der Waals surface area contributed by atoms with Crippen LogP contribution in [0.4, 0.5) is 5.95 Å². The Morgan fingerprint density at radius 3 is 2.85 bits per heavy atom. The van der Waals surface area contributed by atoms with E-state index in [0.29, 0.717) is 25.1 Å². The van der Waals surface area contributed by atoms with Crippen LogP contribution in [0.2, 0.25) is 0 Å². The predicted molar refractivity (Wildman–Crippen MR) is 74.5 cm³/mol. The standard InChI is InChI=1S/C14H20N4O2/c1-2-10-7-15-14(16-8-10)18-5-6-20-12(9-18)13(19)17-11-3-4-11/h7-8,11-12H,2-6,9H2,1H3,(H,17,19). The van der Waals surface area contributed by atoms with Crippen LogP contribution < -0.4 is 10.2 Å². The molecule has 0 aromatic carbocycles. The normalized spacial score (nSPS) is 22.6. The molecule has 0 spiro atoms. The lowest BCUT2D eigenvalue weighted by molar-refractivity contribution is -0.133. The van der Waals surface area contributed by atoms with Gasteiger partial charge in [-0.1, -0.05) is 6.92 Å². The van der Waals surface area contributed by atoms with Gasteiger partial charge in [-0.3, -0.25) is 4.79 Å². The number of carbonyl (C=O) groups is 1. The molecule has 1 aliphatic heterocycles. The van der Waals surface area contributed by atoms with Crippen LogP contribution in [-0.4, -0.2) is 47.7 Å². The fourth-order valence-electron chi connectivity index (χ4n) is 2.21. The van der Waals surface area contributed by atoms with E-state index in [1.54, 1.807) is 0 Å². The number of anilines is 1. The third-order valence-electron chi connectivity index (χ3n) is 3.67. The number of ether oxygens (including phenoxy) is 1. The molecule has 1 aliphatic carbocycles. The molecule has 2 aliphatic rings. The molecule has 1 atom stereocenters. The zero-order chi connectivity index (χ0) is 13.9. The van der Waals surface area contributed by atoms with Gasteiger partial charge in [0.05, 0.1) is 13.2 Å². The SMILES string of the molecule is CCc1cnc(N2CCOC(C(=O)NC3CC3)C2)nc1. The largest absolute Gasteiger partial charge is 0.365 e. The van der Waals surface area contributed by atoms with Crippen molar-refractivity contribution < 1.29 is 9.53 Å². The van der Waals surface area contributed by atoms with Crippen LogP contribution in [0.1, 0.15) is 25.3 Å². The van der Waals surface area contributed by atoms with Gasteiger partial charge in [0.15, 0.2) is 6.10 Å². The molecule has 108 valence electrons. The summed E-state index contributed by atoms with van der Waals surface area (Å²) in [6, 6.07) is 0.363. The zero-order valence-electron chi connectivity index (χ0n) is 11.7. The molecule has 1 aromatic heterocycles. The van der Waals surface area contributed by atoms with Gasteiger partial charge in [0.1, 0.15) is 0 Å². The molecule has 6 nitrogen and oxygen atoms in total. The molecule has 1 N–H and O–H groups in total. The van der Waals surface area contributed by atoms with E-state index in [1.165, 1.54) is 0 Å². The van der Waals surface area contributed by atoms with Crippen molar-refractivity contribution in [2.24, 2.45) is 0 Å². The van der Waals surface area contributed by atoms with Crippen LogP contribution in [0.5, 0.6) is 0 Å². The molecule has 1 unspecified atom stereocenters. The van der Waals surface area contributed by atoms with Gasteiger partial charge in [0.2, 0.25) is 5.95 Å². The number of nitrogens with one attached hydrogen (secondary N) is 1. The minimum atomic E-state index is -0.418. The maximum absolute atomic E-state index is 12.0. The first-order valence-corrected chi connectivity index (χ1v) is 7.24. The molecule has 6 heteroatoms. The lowest BCUT2D eigenvalue weighted by atomic mass is 10.2. The lowest BCUT2D eigenvalue weighted by Crippen LogP contribution is -2.50. The lowest BCUT2D eigenvalue weighted by Gasteiger charge is -2.32. The Balaban J connectivity index is 1.62. The van der Waals surface area contributed by atoms with E-state index in [1.807, 2.05) is 17.3 Å². The van der Waals surface area contributed by atoms with Crippen LogP contribution in [0.3, 0.4) is 0 Å². The number of rotatable bonds is 4. The number of carbonyl (C=O) groups excluding carboxylic acids is 1. The summed E-state index contributed by atoms with van der Waals surface area (Å²) in [7, 11) is 0. The maximum Gasteiger partial charge on any atom is 0.251 e. The predicted octanol–water partition coefficient (Wildman–Crippen LogP) is 0.523. The zero-order valence-corrected chi connectivity index (χ0v) is 11.7. The average molecular weight is 276 g/mol. The van der Waals surface area contributed by atoms with Gasteiger partial charge in [-0.2, -0.15) is 0 Å². The van der Waals surface area contributed by atoms with Crippen molar-refractivity contribution in [1.82, 2.24) is 15.3 Å². The van der Waals surface area contributed by atoms with Crippen molar-refractivity contribution in [2.75, 3.05) is 24.6 Å². The number of aromatic nitrogens is 2. The van der Waals surface area contributed by atoms with Crippen molar-refractivity contribution in [3.05, 3.63) is 18.0 Å². The van der Waals surface area contributed by atoms with E-state index in [4.69, 9.17) is 4.74 Å².